The Bertz CT molecular complexity index is 868. The first-order valence-electron chi connectivity index (χ1n) is 7.94. The molecule has 0 bridgehead atoms. The Labute approximate surface area is 158 Å². The summed E-state index contributed by atoms with van der Waals surface area (Å²) in [6.07, 6.45) is 1.35. The predicted molar refractivity (Wildman–Crippen MR) is 94.8 cm³/mol. The SMILES string of the molecule is COC(=O)C(C)(C)[C@H]1c2cc(Br)ccc2OC(=O)[C@H]1C(=O)c1ccco1. The van der Waals surface area contributed by atoms with E-state index < -0.39 is 35.0 Å². The number of esters is 2. The highest BCUT2D eigenvalue weighted by Crippen LogP contribution is 2.50. The summed E-state index contributed by atoms with van der Waals surface area (Å²) in [4.78, 5) is 38.1. The Morgan fingerprint density at radius 1 is 1.23 bits per heavy atom. The molecule has 0 fully saturated rings. The molecule has 0 saturated carbocycles. The Kier molecular flexibility index (Phi) is 4.75. The first-order valence-corrected chi connectivity index (χ1v) is 8.74. The number of Topliss-reactive ketones (excluding diaryl/α,β-unsaturated/α-hetero) is 1. The summed E-state index contributed by atoms with van der Waals surface area (Å²) in [5, 5.41) is 0. The van der Waals surface area contributed by atoms with Gasteiger partial charge in [-0.15, -0.1) is 0 Å². The van der Waals surface area contributed by atoms with E-state index in [-0.39, 0.29) is 5.76 Å². The number of hydrogen-bond donors (Lipinski definition) is 0. The maximum absolute atomic E-state index is 13.0. The van der Waals surface area contributed by atoms with Crippen LogP contribution in [-0.4, -0.2) is 24.8 Å². The zero-order valence-corrected chi connectivity index (χ0v) is 16.0. The average Bonchev–Trinajstić information content (AvgIpc) is 3.14. The molecule has 1 aliphatic rings. The van der Waals surface area contributed by atoms with Gasteiger partial charge in [0.25, 0.3) is 0 Å². The van der Waals surface area contributed by atoms with E-state index in [4.69, 9.17) is 13.9 Å². The first-order chi connectivity index (χ1) is 12.3. The number of furan rings is 1. The molecule has 2 heterocycles. The maximum Gasteiger partial charge on any atom is 0.323 e. The molecule has 136 valence electrons. The van der Waals surface area contributed by atoms with Gasteiger partial charge in [-0.1, -0.05) is 15.9 Å². The van der Waals surface area contributed by atoms with Crippen molar-refractivity contribution >= 4 is 33.7 Å². The van der Waals surface area contributed by atoms with Crippen molar-refractivity contribution in [3.8, 4) is 5.75 Å². The molecule has 7 heteroatoms. The molecule has 0 saturated heterocycles. The van der Waals surface area contributed by atoms with Crippen molar-refractivity contribution in [2.75, 3.05) is 7.11 Å². The van der Waals surface area contributed by atoms with E-state index in [1.165, 1.54) is 19.4 Å². The van der Waals surface area contributed by atoms with Crippen molar-refractivity contribution in [3.05, 3.63) is 52.4 Å². The molecule has 26 heavy (non-hydrogen) atoms. The molecule has 3 rings (SSSR count). The second kappa shape index (κ2) is 6.72. The third-order valence-corrected chi connectivity index (χ3v) is 5.13. The van der Waals surface area contributed by atoms with Crippen LogP contribution in [0.1, 0.15) is 35.9 Å². The highest BCUT2D eigenvalue weighted by Gasteiger charge is 2.53. The summed E-state index contributed by atoms with van der Waals surface area (Å²) >= 11 is 3.39. The van der Waals surface area contributed by atoms with Crippen molar-refractivity contribution in [2.45, 2.75) is 19.8 Å². The van der Waals surface area contributed by atoms with Crippen molar-refractivity contribution in [2.24, 2.45) is 11.3 Å². The van der Waals surface area contributed by atoms with Crippen molar-refractivity contribution in [1.82, 2.24) is 0 Å². The Balaban J connectivity index is 2.20. The lowest BCUT2D eigenvalue weighted by atomic mass is 9.65. The van der Waals surface area contributed by atoms with Gasteiger partial charge in [0, 0.05) is 16.0 Å². The lowest BCUT2D eigenvalue weighted by Crippen LogP contribution is -2.46. The normalized spacial score (nSPS) is 19.5. The number of carbonyl (C=O) groups excluding carboxylic acids is 3. The van der Waals surface area contributed by atoms with Gasteiger partial charge in [-0.25, -0.2) is 0 Å². The van der Waals surface area contributed by atoms with Crippen LogP contribution in [0.4, 0.5) is 0 Å². The number of methoxy groups -OCH3 is 1. The number of halogens is 1. The monoisotopic (exact) mass is 420 g/mol. The third kappa shape index (κ3) is 2.96. The minimum Gasteiger partial charge on any atom is -0.469 e. The summed E-state index contributed by atoms with van der Waals surface area (Å²) < 4.78 is 16.2. The van der Waals surface area contributed by atoms with E-state index >= 15 is 0 Å². The molecule has 1 aliphatic heterocycles. The standard InChI is InChI=1S/C19H17BrO6/c1-19(2,18(23)24-3)15-11-9-10(20)6-7-12(11)26-17(22)14(15)16(21)13-5-4-8-25-13/h4-9,14-15H,1-3H3/t14-,15+/m1/s1. The van der Waals surface area contributed by atoms with Crippen LogP contribution in [0.15, 0.2) is 45.5 Å². The zero-order valence-electron chi connectivity index (χ0n) is 14.4. The maximum atomic E-state index is 13.0. The van der Waals surface area contributed by atoms with Crippen molar-refractivity contribution in [3.63, 3.8) is 0 Å². The van der Waals surface area contributed by atoms with Gasteiger partial charge in [0.2, 0.25) is 5.78 Å². The largest absolute Gasteiger partial charge is 0.469 e. The lowest BCUT2D eigenvalue weighted by molar-refractivity contribution is -0.155. The van der Waals surface area contributed by atoms with Gasteiger partial charge in [0.05, 0.1) is 18.8 Å². The molecule has 2 atom stereocenters. The predicted octanol–water partition coefficient (Wildman–Crippen LogP) is 3.74. The van der Waals surface area contributed by atoms with Crippen LogP contribution in [0.25, 0.3) is 0 Å². The average molecular weight is 421 g/mol. The number of hydrogen-bond acceptors (Lipinski definition) is 6. The molecule has 6 nitrogen and oxygen atoms in total. The van der Waals surface area contributed by atoms with Crippen LogP contribution < -0.4 is 4.74 Å². The summed E-state index contributed by atoms with van der Waals surface area (Å²) in [7, 11) is 1.27. The van der Waals surface area contributed by atoms with E-state index in [1.807, 2.05) is 0 Å². The van der Waals surface area contributed by atoms with E-state index in [2.05, 4.69) is 15.9 Å². The molecular weight excluding hydrogens is 404 g/mol. The number of carbonyl (C=O) groups is 3. The van der Waals surface area contributed by atoms with Crippen LogP contribution in [0.3, 0.4) is 0 Å². The highest BCUT2D eigenvalue weighted by atomic mass is 79.9. The van der Waals surface area contributed by atoms with Gasteiger partial charge in [-0.3, -0.25) is 14.4 Å². The summed E-state index contributed by atoms with van der Waals surface area (Å²) in [6, 6.07) is 8.15. The molecule has 2 aromatic rings. The van der Waals surface area contributed by atoms with Gasteiger partial charge in [0.15, 0.2) is 5.76 Å². The molecule has 0 amide bonds. The topological polar surface area (TPSA) is 82.8 Å². The number of ketones is 1. The fourth-order valence-corrected chi connectivity index (χ4v) is 3.75. The van der Waals surface area contributed by atoms with Crippen LogP contribution in [0.2, 0.25) is 0 Å². The summed E-state index contributed by atoms with van der Waals surface area (Å²) in [5.41, 5.74) is -0.573. The minimum atomic E-state index is -1.22. The minimum absolute atomic E-state index is 0.0380. The smallest absolute Gasteiger partial charge is 0.323 e. The molecule has 0 unspecified atom stereocenters. The molecule has 0 aliphatic carbocycles. The van der Waals surface area contributed by atoms with Gasteiger partial charge in [-0.05, 0) is 44.2 Å². The third-order valence-electron chi connectivity index (χ3n) is 4.64. The van der Waals surface area contributed by atoms with E-state index in [0.717, 1.165) is 4.47 Å². The lowest BCUT2D eigenvalue weighted by Gasteiger charge is -2.39. The van der Waals surface area contributed by atoms with E-state index in [1.54, 1.807) is 38.1 Å². The molecular formula is C19H17BrO6. The fraction of sp³-hybridized carbons (Fsp3) is 0.316. The number of fused-ring (bicyclic) bond motifs is 1. The van der Waals surface area contributed by atoms with Crippen LogP contribution in [0, 0.1) is 11.3 Å². The number of rotatable bonds is 4. The van der Waals surface area contributed by atoms with Gasteiger partial charge >= 0.3 is 11.9 Å². The Morgan fingerprint density at radius 3 is 2.58 bits per heavy atom. The van der Waals surface area contributed by atoms with Crippen LogP contribution in [-0.2, 0) is 14.3 Å². The molecule has 0 radical (unpaired) electrons. The fourth-order valence-electron chi connectivity index (χ4n) is 3.37. The summed E-state index contributed by atoms with van der Waals surface area (Å²) in [5.74, 6) is -3.42. The molecule has 1 aromatic heterocycles. The van der Waals surface area contributed by atoms with Gasteiger partial charge < -0.3 is 13.9 Å². The number of benzene rings is 1. The van der Waals surface area contributed by atoms with E-state index in [9.17, 15) is 14.4 Å². The molecule has 0 N–H and O–H groups in total. The Morgan fingerprint density at radius 2 is 1.96 bits per heavy atom. The molecule has 0 spiro atoms. The number of ether oxygens (including phenoxy) is 2. The molecule has 1 aromatic carbocycles. The Hall–Kier alpha value is -2.41. The van der Waals surface area contributed by atoms with Crippen molar-refractivity contribution in [1.29, 1.82) is 0 Å². The van der Waals surface area contributed by atoms with Gasteiger partial charge in [-0.2, -0.15) is 0 Å². The highest BCUT2D eigenvalue weighted by molar-refractivity contribution is 9.10. The van der Waals surface area contributed by atoms with Crippen LogP contribution in [0.5, 0.6) is 5.75 Å². The van der Waals surface area contributed by atoms with E-state index in [0.29, 0.717) is 11.3 Å². The first kappa shape index (κ1) is 18.4. The van der Waals surface area contributed by atoms with Gasteiger partial charge in [0.1, 0.15) is 11.7 Å². The quantitative estimate of drug-likeness (QED) is 0.324. The second-order valence-electron chi connectivity index (χ2n) is 6.61. The summed E-state index contributed by atoms with van der Waals surface area (Å²) in [6.45, 7) is 3.30. The zero-order chi connectivity index (χ0) is 19.1. The van der Waals surface area contributed by atoms with Crippen molar-refractivity contribution < 1.29 is 28.3 Å². The second-order valence-corrected chi connectivity index (χ2v) is 7.53. The van der Waals surface area contributed by atoms with Crippen LogP contribution >= 0.6 is 15.9 Å².